The zero-order valence-corrected chi connectivity index (χ0v) is 11.1. The molecule has 0 saturated heterocycles. The lowest BCUT2D eigenvalue weighted by Crippen LogP contribution is -2.18. The summed E-state index contributed by atoms with van der Waals surface area (Å²) in [7, 11) is 0. The van der Waals surface area contributed by atoms with Crippen LogP contribution in [0.15, 0.2) is 47.6 Å². The van der Waals surface area contributed by atoms with E-state index >= 15 is 0 Å². The topological polar surface area (TPSA) is 78.8 Å². The molecule has 0 aliphatic heterocycles. The van der Waals surface area contributed by atoms with Crippen molar-refractivity contribution < 1.29 is 23.5 Å². The van der Waals surface area contributed by atoms with Crippen molar-refractivity contribution in [2.24, 2.45) is 5.10 Å². The molecule has 0 bridgehead atoms. The van der Waals surface area contributed by atoms with Gasteiger partial charge in [-0.2, -0.15) is 5.10 Å². The molecule has 22 heavy (non-hydrogen) atoms. The van der Waals surface area contributed by atoms with E-state index in [0.717, 1.165) is 24.4 Å². The first-order valence-electron chi connectivity index (χ1n) is 6.10. The predicted octanol–water partition coefficient (Wildman–Crippen LogP) is 2.43. The standard InChI is InChI=1S/C15H10F2N2O3/c16-12-4-2-1-3-10(12)14(20)19-18-8-9-5-6-11(15(21)22)13(17)7-9/h1-8H,(H,19,20)(H,21,22)/b18-8+. The van der Waals surface area contributed by atoms with Crippen LogP contribution in [-0.4, -0.2) is 23.2 Å². The summed E-state index contributed by atoms with van der Waals surface area (Å²) in [4.78, 5) is 22.3. The fourth-order valence-electron chi connectivity index (χ4n) is 1.66. The van der Waals surface area contributed by atoms with Crippen LogP contribution in [0.5, 0.6) is 0 Å². The third-order valence-corrected chi connectivity index (χ3v) is 2.72. The molecule has 0 unspecified atom stereocenters. The van der Waals surface area contributed by atoms with Gasteiger partial charge in [-0.1, -0.05) is 18.2 Å². The summed E-state index contributed by atoms with van der Waals surface area (Å²) in [6, 6.07) is 8.75. The lowest BCUT2D eigenvalue weighted by molar-refractivity contribution is 0.0691. The van der Waals surface area contributed by atoms with Crippen LogP contribution in [0.2, 0.25) is 0 Å². The Morgan fingerprint density at radius 2 is 1.77 bits per heavy atom. The molecular weight excluding hydrogens is 294 g/mol. The predicted molar refractivity (Wildman–Crippen MR) is 74.8 cm³/mol. The highest BCUT2D eigenvalue weighted by Gasteiger charge is 2.10. The van der Waals surface area contributed by atoms with E-state index in [1.165, 1.54) is 24.3 Å². The Balaban J connectivity index is 2.07. The summed E-state index contributed by atoms with van der Waals surface area (Å²) >= 11 is 0. The molecule has 5 nitrogen and oxygen atoms in total. The van der Waals surface area contributed by atoms with E-state index in [1.807, 2.05) is 0 Å². The van der Waals surface area contributed by atoms with Crippen molar-refractivity contribution in [1.29, 1.82) is 0 Å². The molecule has 0 heterocycles. The molecule has 2 N–H and O–H groups in total. The van der Waals surface area contributed by atoms with E-state index in [2.05, 4.69) is 10.5 Å². The Hall–Kier alpha value is -3.09. The van der Waals surface area contributed by atoms with Gasteiger partial charge in [-0.15, -0.1) is 0 Å². The van der Waals surface area contributed by atoms with Gasteiger partial charge >= 0.3 is 5.97 Å². The SMILES string of the molecule is O=C(O)c1ccc(/C=N/NC(=O)c2ccccc2F)cc1F. The van der Waals surface area contributed by atoms with E-state index in [4.69, 9.17) is 5.11 Å². The second-order valence-corrected chi connectivity index (χ2v) is 4.22. The Morgan fingerprint density at radius 3 is 2.41 bits per heavy atom. The van der Waals surface area contributed by atoms with E-state index in [-0.39, 0.29) is 11.1 Å². The van der Waals surface area contributed by atoms with Crippen LogP contribution >= 0.6 is 0 Å². The van der Waals surface area contributed by atoms with Crippen molar-refractivity contribution in [2.45, 2.75) is 0 Å². The van der Waals surface area contributed by atoms with Crippen LogP contribution in [0.4, 0.5) is 8.78 Å². The van der Waals surface area contributed by atoms with Crippen molar-refractivity contribution in [3.8, 4) is 0 Å². The third kappa shape index (κ3) is 3.51. The van der Waals surface area contributed by atoms with Gasteiger partial charge in [0.05, 0.1) is 17.3 Å². The highest BCUT2D eigenvalue weighted by Crippen LogP contribution is 2.09. The molecular formula is C15H10F2N2O3. The van der Waals surface area contributed by atoms with Gasteiger partial charge < -0.3 is 5.11 Å². The zero-order chi connectivity index (χ0) is 16.1. The Kier molecular flexibility index (Phi) is 4.57. The molecule has 2 rings (SSSR count). The van der Waals surface area contributed by atoms with Crippen LogP contribution in [0.25, 0.3) is 0 Å². The molecule has 0 fully saturated rings. The normalized spacial score (nSPS) is 10.6. The highest BCUT2D eigenvalue weighted by molar-refractivity contribution is 5.95. The average molecular weight is 304 g/mol. The number of amides is 1. The Bertz CT molecular complexity index is 760. The number of hydrazone groups is 1. The van der Waals surface area contributed by atoms with E-state index < -0.39 is 29.1 Å². The van der Waals surface area contributed by atoms with Gasteiger partial charge in [0.15, 0.2) is 0 Å². The fraction of sp³-hybridized carbons (Fsp3) is 0. The lowest BCUT2D eigenvalue weighted by atomic mass is 10.1. The fourth-order valence-corrected chi connectivity index (χ4v) is 1.66. The van der Waals surface area contributed by atoms with Gasteiger partial charge in [0, 0.05) is 0 Å². The number of halogens is 2. The highest BCUT2D eigenvalue weighted by atomic mass is 19.1. The summed E-state index contributed by atoms with van der Waals surface area (Å²) in [5.41, 5.74) is 1.70. The van der Waals surface area contributed by atoms with Crippen LogP contribution in [-0.2, 0) is 0 Å². The molecule has 1 amide bonds. The van der Waals surface area contributed by atoms with E-state index in [0.29, 0.717) is 0 Å². The quantitative estimate of drug-likeness (QED) is 0.672. The second kappa shape index (κ2) is 6.57. The number of carbonyl (C=O) groups is 2. The lowest BCUT2D eigenvalue weighted by Gasteiger charge is -2.01. The number of aromatic carboxylic acids is 1. The number of nitrogens with zero attached hydrogens (tertiary/aromatic N) is 1. The summed E-state index contributed by atoms with van der Waals surface area (Å²) in [6.45, 7) is 0. The molecule has 2 aromatic rings. The first-order valence-corrected chi connectivity index (χ1v) is 6.10. The van der Waals surface area contributed by atoms with Gasteiger partial charge in [-0.3, -0.25) is 4.79 Å². The summed E-state index contributed by atoms with van der Waals surface area (Å²) in [6.07, 6.45) is 1.12. The van der Waals surface area contributed by atoms with Gasteiger partial charge in [0.2, 0.25) is 0 Å². The summed E-state index contributed by atoms with van der Waals surface area (Å²) in [5.74, 6) is -3.74. The molecule has 7 heteroatoms. The van der Waals surface area contributed by atoms with Gasteiger partial charge in [-0.05, 0) is 29.8 Å². The minimum absolute atomic E-state index is 0.174. The minimum atomic E-state index is -1.38. The first kappa shape index (κ1) is 15.3. The first-order chi connectivity index (χ1) is 10.5. The van der Waals surface area contributed by atoms with Gasteiger partial charge in [-0.25, -0.2) is 19.0 Å². The molecule has 0 atom stereocenters. The van der Waals surface area contributed by atoms with Crippen molar-refractivity contribution in [1.82, 2.24) is 5.43 Å². The number of benzene rings is 2. The maximum atomic E-state index is 13.4. The monoisotopic (exact) mass is 304 g/mol. The van der Waals surface area contributed by atoms with Crippen LogP contribution in [0, 0.1) is 11.6 Å². The molecule has 0 saturated carbocycles. The second-order valence-electron chi connectivity index (χ2n) is 4.22. The van der Waals surface area contributed by atoms with Crippen LogP contribution < -0.4 is 5.43 Å². The number of hydrogen-bond acceptors (Lipinski definition) is 3. The minimum Gasteiger partial charge on any atom is -0.478 e. The van der Waals surface area contributed by atoms with Crippen LogP contribution in [0.1, 0.15) is 26.3 Å². The average Bonchev–Trinajstić information content (AvgIpc) is 2.47. The van der Waals surface area contributed by atoms with E-state index in [9.17, 15) is 18.4 Å². The Labute approximate surface area is 123 Å². The van der Waals surface area contributed by atoms with Crippen molar-refractivity contribution in [2.75, 3.05) is 0 Å². The smallest absolute Gasteiger partial charge is 0.338 e. The largest absolute Gasteiger partial charge is 0.478 e. The molecule has 0 aliphatic carbocycles. The molecule has 0 radical (unpaired) electrons. The molecule has 112 valence electrons. The third-order valence-electron chi connectivity index (χ3n) is 2.72. The summed E-state index contributed by atoms with van der Waals surface area (Å²) < 4.78 is 26.8. The van der Waals surface area contributed by atoms with Gasteiger partial charge in [0.25, 0.3) is 5.91 Å². The molecule has 0 aliphatic rings. The maximum Gasteiger partial charge on any atom is 0.338 e. The van der Waals surface area contributed by atoms with Gasteiger partial charge in [0.1, 0.15) is 11.6 Å². The molecule has 2 aromatic carbocycles. The number of nitrogens with one attached hydrogen (secondary N) is 1. The number of carboxylic acids is 1. The van der Waals surface area contributed by atoms with Crippen LogP contribution in [0.3, 0.4) is 0 Å². The number of carboxylic acid groups (broad SMARTS) is 1. The van der Waals surface area contributed by atoms with Crippen molar-refractivity contribution in [3.63, 3.8) is 0 Å². The number of carbonyl (C=O) groups excluding carboxylic acids is 1. The summed E-state index contributed by atoms with van der Waals surface area (Å²) in [5, 5.41) is 12.3. The number of hydrogen-bond donors (Lipinski definition) is 2. The molecule has 0 aromatic heterocycles. The zero-order valence-electron chi connectivity index (χ0n) is 11.1. The molecule has 0 spiro atoms. The van der Waals surface area contributed by atoms with Crippen molar-refractivity contribution >= 4 is 18.1 Å². The number of rotatable bonds is 4. The van der Waals surface area contributed by atoms with Crippen molar-refractivity contribution in [3.05, 3.63) is 70.8 Å². The maximum absolute atomic E-state index is 13.4. The van der Waals surface area contributed by atoms with E-state index in [1.54, 1.807) is 0 Å². The Morgan fingerprint density at radius 1 is 1.05 bits per heavy atom.